The SMILES string of the molecule is C[C@@H]1O[C@H](O[C@@H]2[C@@H](O)[C@@H](O)O[C@H](CO)[C@@H]2O[C@H]2O[C@@H](C)[C@@H](O)[C@@H](O)[C@@H]2O)[C@@H](O)[C@H](O)[C@@H]1O. The molecule has 14 nitrogen and oxygen atoms in total. The number of hydrogen-bond acceptors (Lipinski definition) is 14. The van der Waals surface area contributed by atoms with Crippen molar-refractivity contribution in [1.82, 2.24) is 0 Å². The second-order valence-electron chi connectivity index (χ2n) is 8.30. The molecule has 0 aliphatic carbocycles. The first kappa shape index (κ1) is 26.1. The molecule has 3 saturated heterocycles. The van der Waals surface area contributed by atoms with E-state index in [1.807, 2.05) is 0 Å². The summed E-state index contributed by atoms with van der Waals surface area (Å²) < 4.78 is 27.1. The fourth-order valence-corrected chi connectivity index (χ4v) is 3.94. The lowest BCUT2D eigenvalue weighted by Gasteiger charge is -2.48. The van der Waals surface area contributed by atoms with Crippen LogP contribution >= 0.6 is 0 Å². The molecule has 9 N–H and O–H groups in total. The summed E-state index contributed by atoms with van der Waals surface area (Å²) in [7, 11) is 0. The molecule has 3 heterocycles. The van der Waals surface area contributed by atoms with Crippen LogP contribution in [0.3, 0.4) is 0 Å². The van der Waals surface area contributed by atoms with Crippen molar-refractivity contribution in [3.8, 4) is 0 Å². The van der Waals surface area contributed by atoms with E-state index >= 15 is 0 Å². The molecular weight excluding hydrogens is 440 g/mol. The van der Waals surface area contributed by atoms with Crippen molar-refractivity contribution in [1.29, 1.82) is 0 Å². The van der Waals surface area contributed by atoms with E-state index in [-0.39, 0.29) is 0 Å². The lowest BCUT2D eigenvalue weighted by atomic mass is 9.96. The first-order valence-corrected chi connectivity index (χ1v) is 10.3. The summed E-state index contributed by atoms with van der Waals surface area (Å²) in [5.74, 6) is 0. The third-order valence-corrected chi connectivity index (χ3v) is 6.01. The van der Waals surface area contributed by atoms with Gasteiger partial charge in [0.15, 0.2) is 18.9 Å². The van der Waals surface area contributed by atoms with Gasteiger partial charge in [-0.25, -0.2) is 0 Å². The van der Waals surface area contributed by atoms with Crippen LogP contribution in [0.4, 0.5) is 0 Å². The van der Waals surface area contributed by atoms with Gasteiger partial charge < -0.3 is 69.6 Å². The van der Waals surface area contributed by atoms with Crippen LogP contribution in [0.25, 0.3) is 0 Å². The van der Waals surface area contributed by atoms with Crippen molar-refractivity contribution in [2.75, 3.05) is 6.61 Å². The molecule has 0 unspecified atom stereocenters. The molecule has 14 heteroatoms. The number of aliphatic hydroxyl groups excluding tert-OH is 9. The van der Waals surface area contributed by atoms with E-state index < -0.39 is 98.7 Å². The Balaban J connectivity index is 1.82. The zero-order chi connectivity index (χ0) is 23.9. The molecule has 0 aromatic heterocycles. The molecule has 32 heavy (non-hydrogen) atoms. The molecule has 3 aliphatic rings. The highest BCUT2D eigenvalue weighted by Crippen LogP contribution is 2.32. The van der Waals surface area contributed by atoms with Gasteiger partial charge in [0, 0.05) is 0 Å². The van der Waals surface area contributed by atoms with Crippen molar-refractivity contribution in [2.24, 2.45) is 0 Å². The van der Waals surface area contributed by atoms with Crippen LogP contribution in [0.1, 0.15) is 13.8 Å². The Bertz CT molecular complexity index is 574. The van der Waals surface area contributed by atoms with E-state index in [1.54, 1.807) is 0 Å². The molecule has 0 radical (unpaired) electrons. The minimum absolute atomic E-state index is 0.732. The molecule has 0 aromatic carbocycles. The first-order chi connectivity index (χ1) is 15.0. The molecule has 0 spiro atoms. The Morgan fingerprint density at radius 3 is 1.44 bits per heavy atom. The summed E-state index contributed by atoms with van der Waals surface area (Å²) in [6, 6.07) is 0. The third kappa shape index (κ3) is 4.94. The minimum atomic E-state index is -1.84. The fraction of sp³-hybridized carbons (Fsp3) is 1.00. The van der Waals surface area contributed by atoms with Crippen molar-refractivity contribution >= 4 is 0 Å². The Kier molecular flexibility index (Phi) is 8.44. The molecule has 3 fully saturated rings. The highest BCUT2D eigenvalue weighted by atomic mass is 16.8. The van der Waals surface area contributed by atoms with Gasteiger partial charge in [0.25, 0.3) is 0 Å². The van der Waals surface area contributed by atoms with Gasteiger partial charge in [-0.1, -0.05) is 0 Å². The Labute approximate surface area is 183 Å². The lowest BCUT2D eigenvalue weighted by molar-refractivity contribution is -0.381. The molecule has 0 bridgehead atoms. The molecule has 0 aromatic rings. The maximum Gasteiger partial charge on any atom is 0.187 e. The van der Waals surface area contributed by atoms with Gasteiger partial charge in [-0.05, 0) is 13.8 Å². The van der Waals surface area contributed by atoms with Crippen molar-refractivity contribution in [2.45, 2.75) is 106 Å². The van der Waals surface area contributed by atoms with Gasteiger partial charge in [-0.3, -0.25) is 0 Å². The number of ether oxygens (including phenoxy) is 5. The monoisotopic (exact) mass is 472 g/mol. The second kappa shape index (κ2) is 10.4. The van der Waals surface area contributed by atoms with Gasteiger partial charge in [0.2, 0.25) is 0 Å². The average molecular weight is 472 g/mol. The highest BCUT2D eigenvalue weighted by Gasteiger charge is 2.53. The Morgan fingerprint density at radius 2 is 1.00 bits per heavy atom. The van der Waals surface area contributed by atoms with Crippen LogP contribution in [-0.2, 0) is 23.7 Å². The molecule has 15 atom stereocenters. The maximum atomic E-state index is 10.5. The van der Waals surface area contributed by atoms with Crippen LogP contribution in [-0.4, -0.2) is 145 Å². The van der Waals surface area contributed by atoms with Gasteiger partial charge in [0.1, 0.15) is 61.0 Å². The van der Waals surface area contributed by atoms with Gasteiger partial charge in [-0.15, -0.1) is 0 Å². The maximum absolute atomic E-state index is 10.5. The van der Waals surface area contributed by atoms with Crippen LogP contribution in [0.5, 0.6) is 0 Å². The number of rotatable bonds is 5. The summed E-state index contributed by atoms with van der Waals surface area (Å²) in [4.78, 5) is 0. The van der Waals surface area contributed by atoms with E-state index in [0.717, 1.165) is 0 Å². The van der Waals surface area contributed by atoms with E-state index in [9.17, 15) is 46.0 Å². The van der Waals surface area contributed by atoms with Crippen LogP contribution in [0.15, 0.2) is 0 Å². The predicted molar refractivity (Wildman–Crippen MR) is 98.4 cm³/mol. The van der Waals surface area contributed by atoms with Crippen LogP contribution in [0.2, 0.25) is 0 Å². The summed E-state index contributed by atoms with van der Waals surface area (Å²) in [5.41, 5.74) is 0. The number of aliphatic hydroxyl groups is 9. The quantitative estimate of drug-likeness (QED) is 0.182. The van der Waals surface area contributed by atoms with Gasteiger partial charge >= 0.3 is 0 Å². The molecule has 0 amide bonds. The molecular formula is C18H32O14. The van der Waals surface area contributed by atoms with E-state index in [0.29, 0.717) is 0 Å². The van der Waals surface area contributed by atoms with Gasteiger partial charge in [0.05, 0.1) is 18.8 Å². The number of hydrogen-bond donors (Lipinski definition) is 9. The summed E-state index contributed by atoms with van der Waals surface area (Å²) >= 11 is 0. The Hall–Kier alpha value is -0.560. The van der Waals surface area contributed by atoms with Crippen molar-refractivity contribution in [3.05, 3.63) is 0 Å². The standard InChI is InChI=1S/C18H32O14/c1-4-7(20)9(22)11(24)17(28-4)31-14-6(3-19)30-16(27)13(26)15(14)32-18-12(25)10(23)8(21)5(2)29-18/h4-27H,3H2,1-2H3/t4-,5-,6+,7+,8+,9+,10+,11-,12-,13+,14-,15+,16-,17+,18+/m0/s1. The van der Waals surface area contributed by atoms with Crippen LogP contribution in [0, 0.1) is 0 Å². The average Bonchev–Trinajstić information content (AvgIpc) is 2.76. The second-order valence-corrected chi connectivity index (χ2v) is 8.30. The van der Waals surface area contributed by atoms with E-state index in [4.69, 9.17) is 23.7 Å². The van der Waals surface area contributed by atoms with E-state index in [1.165, 1.54) is 13.8 Å². The lowest BCUT2D eigenvalue weighted by Crippen LogP contribution is -2.66. The largest absolute Gasteiger partial charge is 0.394 e. The first-order valence-electron chi connectivity index (χ1n) is 10.3. The third-order valence-electron chi connectivity index (χ3n) is 6.01. The van der Waals surface area contributed by atoms with Gasteiger partial charge in [-0.2, -0.15) is 0 Å². The predicted octanol–water partition coefficient (Wildman–Crippen LogP) is -5.52. The zero-order valence-electron chi connectivity index (χ0n) is 17.4. The zero-order valence-corrected chi connectivity index (χ0v) is 17.4. The Morgan fingerprint density at radius 1 is 0.562 bits per heavy atom. The minimum Gasteiger partial charge on any atom is -0.394 e. The van der Waals surface area contributed by atoms with Crippen molar-refractivity contribution < 1.29 is 69.6 Å². The van der Waals surface area contributed by atoms with E-state index in [2.05, 4.69) is 0 Å². The molecule has 3 aliphatic heterocycles. The summed E-state index contributed by atoms with van der Waals surface area (Å²) in [5, 5.41) is 90.3. The van der Waals surface area contributed by atoms with Crippen LogP contribution < -0.4 is 0 Å². The topological polar surface area (TPSA) is 228 Å². The summed E-state index contributed by atoms with van der Waals surface area (Å²) in [6.07, 6.45) is -22.5. The summed E-state index contributed by atoms with van der Waals surface area (Å²) in [6.45, 7) is 2.10. The normalized spacial score (nSPS) is 55.0. The highest BCUT2D eigenvalue weighted by molar-refractivity contribution is 4.95. The fourth-order valence-electron chi connectivity index (χ4n) is 3.94. The molecule has 188 valence electrons. The molecule has 0 saturated carbocycles. The smallest absolute Gasteiger partial charge is 0.187 e. The van der Waals surface area contributed by atoms with Crippen molar-refractivity contribution in [3.63, 3.8) is 0 Å². The molecule has 3 rings (SSSR count).